The fourth-order valence-electron chi connectivity index (χ4n) is 2.86. The third-order valence-corrected chi connectivity index (χ3v) is 5.09. The van der Waals surface area contributed by atoms with Crippen LogP contribution < -0.4 is 0 Å². The van der Waals surface area contributed by atoms with Crippen LogP contribution in [-0.4, -0.2) is 48.0 Å². The lowest BCUT2D eigenvalue weighted by molar-refractivity contribution is -0.0716. The lowest BCUT2D eigenvalue weighted by Gasteiger charge is -2.46. The van der Waals surface area contributed by atoms with E-state index in [4.69, 9.17) is 4.74 Å². The summed E-state index contributed by atoms with van der Waals surface area (Å²) in [6.45, 7) is 7.12. The Morgan fingerprint density at radius 2 is 2.10 bits per heavy atom. The van der Waals surface area contributed by atoms with Gasteiger partial charge in [-0.3, -0.25) is 4.90 Å². The fraction of sp³-hybridized carbons (Fsp3) is 0.625. The summed E-state index contributed by atoms with van der Waals surface area (Å²) in [7, 11) is 0. The van der Waals surface area contributed by atoms with Crippen LogP contribution >= 0.6 is 15.9 Å². The number of halogens is 2. The largest absolute Gasteiger partial charge is 0.391 e. The van der Waals surface area contributed by atoms with Crippen LogP contribution in [0.15, 0.2) is 22.7 Å². The van der Waals surface area contributed by atoms with E-state index < -0.39 is 6.10 Å². The molecule has 1 aliphatic heterocycles. The van der Waals surface area contributed by atoms with E-state index >= 15 is 0 Å². The molecule has 1 N–H and O–H groups in total. The van der Waals surface area contributed by atoms with E-state index in [2.05, 4.69) is 34.7 Å². The van der Waals surface area contributed by atoms with Gasteiger partial charge in [-0.2, -0.15) is 0 Å². The first-order chi connectivity index (χ1) is 9.97. The predicted octanol–water partition coefficient (Wildman–Crippen LogP) is 2.99. The first kappa shape index (κ1) is 16.9. The average Bonchev–Trinajstić information content (AvgIpc) is 2.50. The first-order valence-corrected chi connectivity index (χ1v) is 8.21. The molecule has 1 saturated heterocycles. The van der Waals surface area contributed by atoms with Gasteiger partial charge in [0, 0.05) is 29.5 Å². The molecule has 1 aromatic carbocycles. The molecule has 2 rings (SSSR count). The summed E-state index contributed by atoms with van der Waals surface area (Å²) in [6, 6.07) is 4.99. The zero-order valence-corrected chi connectivity index (χ0v) is 14.2. The van der Waals surface area contributed by atoms with Gasteiger partial charge in [-0.05, 0) is 31.0 Å². The molecule has 118 valence electrons. The quantitative estimate of drug-likeness (QED) is 0.876. The molecule has 0 aliphatic carbocycles. The highest BCUT2D eigenvalue weighted by Crippen LogP contribution is 2.28. The van der Waals surface area contributed by atoms with Gasteiger partial charge < -0.3 is 9.84 Å². The van der Waals surface area contributed by atoms with Gasteiger partial charge >= 0.3 is 0 Å². The molecule has 0 amide bonds. The normalized spacial score (nSPS) is 21.0. The second-order valence-electron chi connectivity index (χ2n) is 5.77. The number of aliphatic hydroxyl groups excluding tert-OH is 1. The van der Waals surface area contributed by atoms with Crippen molar-refractivity contribution >= 4 is 15.9 Å². The smallest absolute Gasteiger partial charge is 0.127 e. The van der Waals surface area contributed by atoms with Crippen molar-refractivity contribution in [2.24, 2.45) is 0 Å². The Morgan fingerprint density at radius 1 is 1.43 bits per heavy atom. The molecule has 0 radical (unpaired) electrons. The van der Waals surface area contributed by atoms with Crippen LogP contribution in [0.1, 0.15) is 25.8 Å². The summed E-state index contributed by atoms with van der Waals surface area (Å²) in [5.74, 6) is -0.274. The number of aliphatic hydroxyl groups is 1. The summed E-state index contributed by atoms with van der Waals surface area (Å²) in [6.07, 6.45) is 0.518. The zero-order chi connectivity index (χ0) is 15.5. The van der Waals surface area contributed by atoms with Gasteiger partial charge in [-0.1, -0.05) is 28.9 Å². The maximum atomic E-state index is 14.0. The van der Waals surface area contributed by atoms with Crippen LogP contribution in [0.5, 0.6) is 0 Å². The molecule has 0 spiro atoms. The van der Waals surface area contributed by atoms with Crippen molar-refractivity contribution in [3.8, 4) is 0 Å². The van der Waals surface area contributed by atoms with Gasteiger partial charge in [0.15, 0.2) is 0 Å². The van der Waals surface area contributed by atoms with Gasteiger partial charge in [0.05, 0.1) is 19.3 Å². The Labute approximate surface area is 134 Å². The Bertz CT molecular complexity index is 479. The Balaban J connectivity index is 2.13. The lowest BCUT2D eigenvalue weighted by Crippen LogP contribution is -2.58. The van der Waals surface area contributed by atoms with Gasteiger partial charge in [0.1, 0.15) is 5.82 Å². The number of morpholine rings is 1. The van der Waals surface area contributed by atoms with Crippen molar-refractivity contribution < 1.29 is 14.2 Å². The van der Waals surface area contributed by atoms with E-state index in [9.17, 15) is 9.50 Å². The van der Waals surface area contributed by atoms with Crippen LogP contribution in [0.25, 0.3) is 0 Å². The SMILES string of the molecule is CCC(C)(C(O)Cc1ccc(Br)cc1F)N1CCOCC1. The molecular weight excluding hydrogens is 337 g/mol. The Hall–Kier alpha value is -0.490. The van der Waals surface area contributed by atoms with Gasteiger partial charge in [-0.15, -0.1) is 0 Å². The monoisotopic (exact) mass is 359 g/mol. The molecular formula is C16H23BrFNO2. The second-order valence-corrected chi connectivity index (χ2v) is 6.68. The number of nitrogens with zero attached hydrogens (tertiary/aromatic N) is 1. The second kappa shape index (κ2) is 7.18. The number of hydrogen-bond acceptors (Lipinski definition) is 3. The van der Waals surface area contributed by atoms with E-state index in [1.54, 1.807) is 6.07 Å². The summed E-state index contributed by atoms with van der Waals surface area (Å²) >= 11 is 3.25. The number of benzene rings is 1. The van der Waals surface area contributed by atoms with Crippen molar-refractivity contribution in [2.75, 3.05) is 26.3 Å². The highest BCUT2D eigenvalue weighted by Gasteiger charge is 2.38. The minimum Gasteiger partial charge on any atom is -0.391 e. The highest BCUT2D eigenvalue weighted by molar-refractivity contribution is 9.10. The third-order valence-electron chi connectivity index (χ3n) is 4.60. The van der Waals surface area contributed by atoms with Crippen LogP contribution in [0.3, 0.4) is 0 Å². The number of hydrogen-bond donors (Lipinski definition) is 1. The molecule has 1 fully saturated rings. The van der Waals surface area contributed by atoms with Crippen LogP contribution in [0.4, 0.5) is 4.39 Å². The van der Waals surface area contributed by atoms with E-state index in [-0.39, 0.29) is 11.4 Å². The standard InChI is InChI=1S/C16H23BrFNO2/c1-3-16(2,19-6-8-21-9-7-19)15(20)10-12-4-5-13(17)11-14(12)18/h4-5,11,15,20H,3,6-10H2,1-2H3. The Kier molecular flexibility index (Phi) is 5.77. The predicted molar refractivity (Wildman–Crippen MR) is 84.9 cm³/mol. The van der Waals surface area contributed by atoms with E-state index in [0.717, 1.165) is 19.5 Å². The van der Waals surface area contributed by atoms with Gasteiger partial charge in [-0.25, -0.2) is 4.39 Å². The van der Waals surface area contributed by atoms with Crippen molar-refractivity contribution in [1.82, 2.24) is 4.90 Å². The maximum absolute atomic E-state index is 14.0. The number of rotatable bonds is 5. The summed E-state index contributed by atoms with van der Waals surface area (Å²) in [5, 5.41) is 10.7. The molecule has 0 aromatic heterocycles. The van der Waals surface area contributed by atoms with Crippen LogP contribution in [0.2, 0.25) is 0 Å². The molecule has 3 nitrogen and oxygen atoms in total. The minimum atomic E-state index is -0.615. The first-order valence-electron chi connectivity index (χ1n) is 7.42. The van der Waals surface area contributed by atoms with E-state index in [1.807, 2.05) is 6.07 Å². The highest BCUT2D eigenvalue weighted by atomic mass is 79.9. The maximum Gasteiger partial charge on any atom is 0.127 e. The molecule has 1 heterocycles. The van der Waals surface area contributed by atoms with Crippen molar-refractivity contribution in [1.29, 1.82) is 0 Å². The van der Waals surface area contributed by atoms with E-state index in [1.165, 1.54) is 6.07 Å². The summed E-state index contributed by atoms with van der Waals surface area (Å²) < 4.78 is 20.1. The number of ether oxygens (including phenoxy) is 1. The average molecular weight is 360 g/mol. The van der Waals surface area contributed by atoms with Gasteiger partial charge in [0.2, 0.25) is 0 Å². The molecule has 0 saturated carbocycles. The summed E-state index contributed by atoms with van der Waals surface area (Å²) in [5.41, 5.74) is 0.196. The van der Waals surface area contributed by atoms with E-state index in [0.29, 0.717) is 29.7 Å². The molecule has 0 bridgehead atoms. The molecule has 5 heteroatoms. The fourth-order valence-corrected chi connectivity index (χ4v) is 3.19. The van der Waals surface area contributed by atoms with Crippen molar-refractivity contribution in [3.05, 3.63) is 34.1 Å². The molecule has 21 heavy (non-hydrogen) atoms. The zero-order valence-electron chi connectivity index (χ0n) is 12.6. The van der Waals surface area contributed by atoms with Crippen molar-refractivity contribution in [2.45, 2.75) is 38.3 Å². The molecule has 1 aromatic rings. The van der Waals surface area contributed by atoms with Crippen molar-refractivity contribution in [3.63, 3.8) is 0 Å². The third kappa shape index (κ3) is 3.83. The van der Waals surface area contributed by atoms with Crippen LogP contribution in [-0.2, 0) is 11.2 Å². The minimum absolute atomic E-state index is 0.274. The Morgan fingerprint density at radius 3 is 2.67 bits per heavy atom. The topological polar surface area (TPSA) is 32.7 Å². The van der Waals surface area contributed by atoms with Gasteiger partial charge in [0.25, 0.3) is 0 Å². The summed E-state index contributed by atoms with van der Waals surface area (Å²) in [4.78, 5) is 2.26. The molecule has 1 aliphatic rings. The van der Waals surface area contributed by atoms with Crippen LogP contribution in [0, 0.1) is 5.82 Å². The lowest BCUT2D eigenvalue weighted by atomic mass is 9.85. The molecule has 2 unspecified atom stereocenters. The molecule has 2 atom stereocenters.